The first-order valence-electron chi connectivity index (χ1n) is 9.43. The highest BCUT2D eigenvalue weighted by Crippen LogP contribution is 2.33. The van der Waals surface area contributed by atoms with E-state index < -0.39 is 27.6 Å². The Kier molecular flexibility index (Phi) is 5.68. The summed E-state index contributed by atoms with van der Waals surface area (Å²) in [6.45, 7) is 0.310. The average Bonchev–Trinajstić information content (AvgIpc) is 2.75. The number of benzene rings is 3. The molecule has 1 amide bonds. The number of fused-ring (bicyclic) bond motifs is 1. The summed E-state index contributed by atoms with van der Waals surface area (Å²) in [5.41, 5.74) is 1.28. The Morgan fingerprint density at radius 3 is 2.45 bits per heavy atom. The van der Waals surface area contributed by atoms with Crippen LogP contribution in [0.25, 0.3) is 0 Å². The Morgan fingerprint density at radius 2 is 1.74 bits per heavy atom. The molecule has 0 aromatic heterocycles. The van der Waals surface area contributed by atoms with E-state index in [1.807, 2.05) is 0 Å². The number of carbonyl (C=O) groups excluding carboxylic acids is 1. The number of anilines is 2. The van der Waals surface area contributed by atoms with E-state index in [0.717, 1.165) is 12.1 Å². The number of hydrogen-bond donors (Lipinski definition) is 1. The average molecular weight is 463 g/mol. The number of rotatable bonds is 4. The third-order valence-corrected chi connectivity index (χ3v) is 7.08. The first kappa shape index (κ1) is 21.3. The maximum absolute atomic E-state index is 13.8. The number of sulfonamides is 1. The van der Waals surface area contributed by atoms with Crippen molar-refractivity contribution in [3.63, 3.8) is 0 Å². The second-order valence-corrected chi connectivity index (χ2v) is 9.36. The first-order valence-corrected chi connectivity index (χ1v) is 11.2. The van der Waals surface area contributed by atoms with Crippen LogP contribution in [0.4, 0.5) is 20.2 Å². The molecule has 3 aromatic rings. The van der Waals surface area contributed by atoms with E-state index in [9.17, 15) is 22.0 Å². The van der Waals surface area contributed by atoms with Gasteiger partial charge in [0.15, 0.2) is 0 Å². The molecule has 0 radical (unpaired) electrons. The van der Waals surface area contributed by atoms with Gasteiger partial charge in [-0.15, -0.1) is 0 Å². The van der Waals surface area contributed by atoms with E-state index in [0.29, 0.717) is 41.7 Å². The Morgan fingerprint density at radius 1 is 1.00 bits per heavy atom. The smallest absolute Gasteiger partial charge is 0.264 e. The van der Waals surface area contributed by atoms with Gasteiger partial charge in [-0.2, -0.15) is 0 Å². The maximum Gasteiger partial charge on any atom is 0.264 e. The van der Waals surface area contributed by atoms with Crippen LogP contribution in [0.2, 0.25) is 5.02 Å². The Balaban J connectivity index is 1.62. The molecular weight excluding hydrogens is 446 g/mol. The lowest BCUT2D eigenvalue weighted by Crippen LogP contribution is -2.35. The van der Waals surface area contributed by atoms with Gasteiger partial charge in [-0.25, -0.2) is 17.2 Å². The van der Waals surface area contributed by atoms with E-state index in [4.69, 9.17) is 11.6 Å². The van der Waals surface area contributed by atoms with Gasteiger partial charge in [0, 0.05) is 23.2 Å². The molecule has 3 aromatic carbocycles. The quantitative estimate of drug-likeness (QED) is 0.592. The molecule has 0 bridgehead atoms. The van der Waals surface area contributed by atoms with Crippen LogP contribution >= 0.6 is 11.6 Å². The number of nitrogens with zero attached hydrogens (tertiary/aromatic N) is 1. The van der Waals surface area contributed by atoms with Crippen molar-refractivity contribution in [1.29, 1.82) is 0 Å². The lowest BCUT2D eigenvalue weighted by Gasteiger charge is -2.30. The minimum absolute atomic E-state index is 0.123. The second-order valence-electron chi connectivity index (χ2n) is 7.06. The second kappa shape index (κ2) is 8.28. The van der Waals surface area contributed by atoms with Crippen LogP contribution in [0.5, 0.6) is 0 Å². The van der Waals surface area contributed by atoms with Crippen LogP contribution in [-0.2, 0) is 16.4 Å². The van der Waals surface area contributed by atoms with Gasteiger partial charge >= 0.3 is 0 Å². The number of carbonyl (C=O) groups is 1. The van der Waals surface area contributed by atoms with E-state index >= 15 is 0 Å². The summed E-state index contributed by atoms with van der Waals surface area (Å²) < 4.78 is 54.4. The molecule has 0 spiro atoms. The molecule has 0 fully saturated rings. The van der Waals surface area contributed by atoms with Gasteiger partial charge < -0.3 is 5.32 Å². The van der Waals surface area contributed by atoms with E-state index in [-0.39, 0.29) is 16.1 Å². The van der Waals surface area contributed by atoms with Crippen LogP contribution in [0.1, 0.15) is 22.3 Å². The van der Waals surface area contributed by atoms with Crippen LogP contribution in [0.15, 0.2) is 65.6 Å². The third-order valence-electron chi connectivity index (χ3n) is 5.00. The monoisotopic (exact) mass is 462 g/mol. The van der Waals surface area contributed by atoms with Crippen molar-refractivity contribution >= 4 is 38.9 Å². The van der Waals surface area contributed by atoms with Crippen molar-refractivity contribution in [3.05, 3.63) is 88.4 Å². The number of halogens is 3. The zero-order chi connectivity index (χ0) is 22.2. The third kappa shape index (κ3) is 4.26. The summed E-state index contributed by atoms with van der Waals surface area (Å²) in [6, 6.07) is 13.4. The minimum Gasteiger partial charge on any atom is -0.319 e. The first-order chi connectivity index (χ1) is 14.8. The van der Waals surface area contributed by atoms with E-state index in [1.165, 1.54) is 34.6 Å². The molecule has 0 saturated carbocycles. The molecule has 1 heterocycles. The standard InChI is InChI=1S/C22H17ClF2N2O3S/c23-16-4-7-18(8-5-16)31(29,30)27-11-1-2-14-12-15(3-10-21(14)27)22(28)26-20-9-6-17(24)13-19(20)25/h3-10,12-13H,1-2,11H2,(H,26,28). The van der Waals surface area contributed by atoms with Gasteiger partial charge in [0.1, 0.15) is 11.6 Å². The van der Waals surface area contributed by atoms with Gasteiger partial charge in [0.2, 0.25) is 0 Å². The number of hydrogen-bond acceptors (Lipinski definition) is 3. The summed E-state index contributed by atoms with van der Waals surface area (Å²) in [5.74, 6) is -2.20. The highest BCUT2D eigenvalue weighted by molar-refractivity contribution is 7.92. The van der Waals surface area contributed by atoms with Crippen molar-refractivity contribution in [1.82, 2.24) is 0 Å². The molecule has 0 aliphatic carbocycles. The van der Waals surface area contributed by atoms with Crippen molar-refractivity contribution in [2.75, 3.05) is 16.2 Å². The molecule has 4 rings (SSSR count). The summed E-state index contributed by atoms with van der Waals surface area (Å²) >= 11 is 5.86. The molecule has 1 N–H and O–H groups in total. The number of aryl methyl sites for hydroxylation is 1. The number of amides is 1. The molecule has 0 saturated heterocycles. The lowest BCUT2D eigenvalue weighted by molar-refractivity contribution is 0.102. The normalized spacial score (nSPS) is 13.6. The highest BCUT2D eigenvalue weighted by atomic mass is 35.5. The molecule has 1 aliphatic heterocycles. The minimum atomic E-state index is -3.79. The number of nitrogens with one attached hydrogen (secondary N) is 1. The molecule has 0 unspecified atom stereocenters. The summed E-state index contributed by atoms with van der Waals surface area (Å²) in [5, 5.41) is 2.84. The van der Waals surface area contributed by atoms with Crippen molar-refractivity contribution < 1.29 is 22.0 Å². The lowest BCUT2D eigenvalue weighted by atomic mass is 10.0. The molecule has 1 aliphatic rings. The fourth-order valence-electron chi connectivity index (χ4n) is 3.47. The summed E-state index contributed by atoms with van der Waals surface area (Å²) in [6.07, 6.45) is 1.17. The van der Waals surface area contributed by atoms with Crippen molar-refractivity contribution in [3.8, 4) is 0 Å². The van der Waals surface area contributed by atoms with Crippen molar-refractivity contribution in [2.45, 2.75) is 17.7 Å². The molecule has 31 heavy (non-hydrogen) atoms. The zero-order valence-electron chi connectivity index (χ0n) is 16.1. The molecule has 0 atom stereocenters. The molecule has 160 valence electrons. The topological polar surface area (TPSA) is 66.5 Å². The summed E-state index contributed by atoms with van der Waals surface area (Å²) in [4.78, 5) is 12.7. The molecule has 9 heteroatoms. The van der Waals surface area contributed by atoms with Gasteiger partial charge in [-0.05, 0) is 73.0 Å². The Hall–Kier alpha value is -2.97. The Bertz CT molecular complexity index is 1260. The van der Waals surface area contributed by atoms with Gasteiger partial charge in [-0.1, -0.05) is 11.6 Å². The van der Waals surface area contributed by atoms with Crippen LogP contribution < -0.4 is 9.62 Å². The zero-order valence-corrected chi connectivity index (χ0v) is 17.7. The SMILES string of the molecule is O=C(Nc1ccc(F)cc1F)c1ccc2c(c1)CCCN2S(=O)(=O)c1ccc(Cl)cc1. The maximum atomic E-state index is 13.8. The van der Waals surface area contributed by atoms with Gasteiger partial charge in [0.05, 0.1) is 16.3 Å². The highest BCUT2D eigenvalue weighted by Gasteiger charge is 2.29. The molecular formula is C22H17ClF2N2O3S. The van der Waals surface area contributed by atoms with Crippen LogP contribution in [0, 0.1) is 11.6 Å². The van der Waals surface area contributed by atoms with Gasteiger partial charge in [-0.3, -0.25) is 9.10 Å². The van der Waals surface area contributed by atoms with E-state index in [1.54, 1.807) is 12.1 Å². The fraction of sp³-hybridized carbons (Fsp3) is 0.136. The largest absolute Gasteiger partial charge is 0.319 e. The van der Waals surface area contributed by atoms with Crippen LogP contribution in [0.3, 0.4) is 0 Å². The Labute approximate surface area is 183 Å². The van der Waals surface area contributed by atoms with Gasteiger partial charge in [0.25, 0.3) is 15.9 Å². The van der Waals surface area contributed by atoms with E-state index in [2.05, 4.69) is 5.32 Å². The predicted octanol–water partition coefficient (Wildman–Crippen LogP) is 5.01. The fourth-order valence-corrected chi connectivity index (χ4v) is 5.14. The summed E-state index contributed by atoms with van der Waals surface area (Å²) in [7, 11) is -3.79. The van der Waals surface area contributed by atoms with Crippen molar-refractivity contribution in [2.24, 2.45) is 0 Å². The molecule has 5 nitrogen and oxygen atoms in total. The van der Waals surface area contributed by atoms with Crippen LogP contribution in [-0.4, -0.2) is 20.9 Å². The predicted molar refractivity (Wildman–Crippen MR) is 115 cm³/mol.